The molecule has 0 atom stereocenters. The van der Waals surface area contributed by atoms with E-state index >= 15 is 0 Å². The molecular formula is C20H20ClN3O. The number of fused-ring (bicyclic) bond motifs is 1. The molecule has 2 aromatic carbocycles. The second-order valence-corrected chi connectivity index (χ2v) is 6.53. The smallest absolute Gasteiger partial charge is 0.133 e. The van der Waals surface area contributed by atoms with Gasteiger partial charge in [-0.15, -0.1) is 0 Å². The Bertz CT molecular complexity index is 904. The van der Waals surface area contributed by atoms with Crippen LogP contribution < -0.4 is 10.1 Å². The van der Waals surface area contributed by atoms with E-state index in [0.29, 0.717) is 5.02 Å². The summed E-state index contributed by atoms with van der Waals surface area (Å²) in [7, 11) is 1.70. The van der Waals surface area contributed by atoms with Gasteiger partial charge in [-0.2, -0.15) is 5.10 Å². The van der Waals surface area contributed by atoms with Crippen molar-refractivity contribution in [3.63, 3.8) is 0 Å². The van der Waals surface area contributed by atoms with E-state index in [1.165, 1.54) is 5.56 Å². The molecule has 0 amide bonds. The Morgan fingerprint density at radius 3 is 2.72 bits per heavy atom. The highest BCUT2D eigenvalue weighted by molar-refractivity contribution is 6.32. The number of benzene rings is 2. The van der Waals surface area contributed by atoms with Crippen LogP contribution in [0.2, 0.25) is 5.02 Å². The number of anilines is 1. The normalized spacial score (nSPS) is 13.7. The molecule has 5 heteroatoms. The lowest BCUT2D eigenvalue weighted by Gasteiger charge is -2.10. The molecule has 0 saturated heterocycles. The van der Waals surface area contributed by atoms with Crippen molar-refractivity contribution in [3.8, 4) is 22.7 Å². The number of aromatic nitrogens is 2. The van der Waals surface area contributed by atoms with Crippen LogP contribution in [-0.2, 0) is 6.42 Å². The minimum atomic E-state index is 0.686. The first kappa shape index (κ1) is 16.0. The third-order valence-corrected chi connectivity index (χ3v) is 4.89. The Kier molecular flexibility index (Phi) is 4.36. The van der Waals surface area contributed by atoms with Crippen LogP contribution in [0.1, 0.15) is 18.4 Å². The molecule has 2 heterocycles. The van der Waals surface area contributed by atoms with Gasteiger partial charge in [0, 0.05) is 17.7 Å². The van der Waals surface area contributed by atoms with Crippen molar-refractivity contribution < 1.29 is 4.74 Å². The van der Waals surface area contributed by atoms with Crippen LogP contribution >= 0.6 is 11.6 Å². The predicted molar refractivity (Wildman–Crippen MR) is 102 cm³/mol. The number of halogens is 1. The van der Waals surface area contributed by atoms with Gasteiger partial charge in [-0.1, -0.05) is 35.9 Å². The van der Waals surface area contributed by atoms with Crippen LogP contribution in [0.4, 0.5) is 5.82 Å². The van der Waals surface area contributed by atoms with Crippen molar-refractivity contribution in [2.24, 2.45) is 0 Å². The number of nitrogens with zero attached hydrogens (tertiary/aromatic N) is 2. The van der Waals surface area contributed by atoms with Crippen molar-refractivity contribution >= 4 is 17.4 Å². The second kappa shape index (κ2) is 6.81. The first-order chi connectivity index (χ1) is 12.3. The molecule has 0 radical (unpaired) electrons. The molecule has 128 valence electrons. The van der Waals surface area contributed by atoms with Crippen LogP contribution in [0, 0.1) is 0 Å². The first-order valence-corrected chi connectivity index (χ1v) is 8.91. The molecule has 0 fully saturated rings. The minimum absolute atomic E-state index is 0.686. The van der Waals surface area contributed by atoms with E-state index in [1.807, 2.05) is 47.1 Å². The highest BCUT2D eigenvalue weighted by atomic mass is 35.5. The summed E-state index contributed by atoms with van der Waals surface area (Å²) in [4.78, 5) is 0. The largest absolute Gasteiger partial charge is 0.496 e. The monoisotopic (exact) mass is 353 g/mol. The van der Waals surface area contributed by atoms with E-state index in [-0.39, 0.29) is 0 Å². The van der Waals surface area contributed by atoms with Crippen LogP contribution in [0.5, 0.6) is 5.75 Å². The van der Waals surface area contributed by atoms with Crippen molar-refractivity contribution in [2.75, 3.05) is 19.0 Å². The van der Waals surface area contributed by atoms with Crippen LogP contribution in [0.3, 0.4) is 0 Å². The zero-order valence-electron chi connectivity index (χ0n) is 14.1. The molecule has 0 saturated carbocycles. The quantitative estimate of drug-likeness (QED) is 0.724. The average Bonchev–Trinajstić information content (AvgIpc) is 2.83. The Morgan fingerprint density at radius 2 is 1.88 bits per heavy atom. The molecular weight excluding hydrogens is 334 g/mol. The van der Waals surface area contributed by atoms with Gasteiger partial charge in [0.25, 0.3) is 0 Å². The number of para-hydroxylation sites is 2. The topological polar surface area (TPSA) is 39.1 Å². The maximum atomic E-state index is 6.44. The summed E-state index contributed by atoms with van der Waals surface area (Å²) in [6.45, 7) is 0.939. The van der Waals surface area contributed by atoms with Gasteiger partial charge in [0.05, 0.1) is 17.8 Å². The van der Waals surface area contributed by atoms with Gasteiger partial charge in [0.2, 0.25) is 0 Å². The summed E-state index contributed by atoms with van der Waals surface area (Å²) >= 11 is 6.44. The van der Waals surface area contributed by atoms with Gasteiger partial charge in [-0.05, 0) is 43.5 Å². The van der Waals surface area contributed by atoms with Crippen LogP contribution in [0.25, 0.3) is 16.9 Å². The van der Waals surface area contributed by atoms with Gasteiger partial charge in [-0.25, -0.2) is 4.68 Å². The van der Waals surface area contributed by atoms with Gasteiger partial charge in [0.1, 0.15) is 17.3 Å². The fourth-order valence-corrected chi connectivity index (χ4v) is 3.57. The molecule has 0 unspecified atom stereocenters. The van der Waals surface area contributed by atoms with Gasteiger partial charge >= 0.3 is 0 Å². The molecule has 0 spiro atoms. The molecule has 0 aliphatic carbocycles. The SMILES string of the molecule is COc1ccccc1-c1nn(-c2ccccc2Cl)c2c1CCCCN2. The van der Waals surface area contributed by atoms with E-state index in [4.69, 9.17) is 21.4 Å². The van der Waals surface area contributed by atoms with Crippen molar-refractivity contribution in [2.45, 2.75) is 19.3 Å². The van der Waals surface area contributed by atoms with Gasteiger partial charge < -0.3 is 10.1 Å². The average molecular weight is 354 g/mol. The standard InChI is InChI=1S/C20H20ClN3O/c1-25-18-12-5-2-8-14(18)19-15-9-6-7-13-22-20(15)24(23-19)17-11-4-3-10-16(17)21/h2-5,8,10-12,22H,6-7,9,13H2,1H3. The lowest BCUT2D eigenvalue weighted by molar-refractivity contribution is 0.416. The molecule has 0 bridgehead atoms. The highest BCUT2D eigenvalue weighted by Crippen LogP contribution is 2.38. The second-order valence-electron chi connectivity index (χ2n) is 6.12. The first-order valence-electron chi connectivity index (χ1n) is 8.53. The maximum absolute atomic E-state index is 6.44. The minimum Gasteiger partial charge on any atom is -0.496 e. The lowest BCUT2D eigenvalue weighted by Crippen LogP contribution is -2.07. The number of hydrogen-bond acceptors (Lipinski definition) is 3. The van der Waals surface area contributed by atoms with E-state index < -0.39 is 0 Å². The third-order valence-electron chi connectivity index (χ3n) is 4.57. The molecule has 1 aliphatic rings. The molecule has 1 aliphatic heterocycles. The van der Waals surface area contributed by atoms with Crippen molar-refractivity contribution in [1.29, 1.82) is 0 Å². The van der Waals surface area contributed by atoms with E-state index in [0.717, 1.165) is 54.3 Å². The summed E-state index contributed by atoms with van der Waals surface area (Å²) < 4.78 is 7.50. The Balaban J connectivity index is 1.96. The highest BCUT2D eigenvalue weighted by Gasteiger charge is 2.24. The number of rotatable bonds is 3. The lowest BCUT2D eigenvalue weighted by atomic mass is 10.0. The zero-order chi connectivity index (χ0) is 17.2. The van der Waals surface area contributed by atoms with E-state index in [1.54, 1.807) is 7.11 Å². The maximum Gasteiger partial charge on any atom is 0.133 e. The third kappa shape index (κ3) is 2.87. The zero-order valence-corrected chi connectivity index (χ0v) is 14.9. The molecule has 1 aromatic heterocycles. The van der Waals surface area contributed by atoms with Gasteiger partial charge in [-0.3, -0.25) is 0 Å². The molecule has 1 N–H and O–H groups in total. The fraction of sp³-hybridized carbons (Fsp3) is 0.250. The summed E-state index contributed by atoms with van der Waals surface area (Å²) in [5.41, 5.74) is 4.08. The molecule has 25 heavy (non-hydrogen) atoms. The molecule has 4 nitrogen and oxygen atoms in total. The molecule has 3 aromatic rings. The van der Waals surface area contributed by atoms with E-state index in [9.17, 15) is 0 Å². The summed E-state index contributed by atoms with van der Waals surface area (Å²) in [5.74, 6) is 1.87. The van der Waals surface area contributed by atoms with Gasteiger partial charge in [0.15, 0.2) is 0 Å². The Morgan fingerprint density at radius 1 is 1.08 bits per heavy atom. The summed E-state index contributed by atoms with van der Waals surface area (Å²) in [6.07, 6.45) is 3.26. The Labute approximate surface area is 152 Å². The number of methoxy groups -OCH3 is 1. The number of nitrogens with one attached hydrogen (secondary N) is 1. The fourth-order valence-electron chi connectivity index (χ4n) is 3.36. The van der Waals surface area contributed by atoms with Crippen molar-refractivity contribution in [1.82, 2.24) is 9.78 Å². The molecule has 4 rings (SSSR count). The number of hydrogen-bond donors (Lipinski definition) is 1. The van der Waals surface area contributed by atoms with Crippen LogP contribution in [-0.4, -0.2) is 23.4 Å². The summed E-state index contributed by atoms with van der Waals surface area (Å²) in [6, 6.07) is 15.8. The number of ether oxygens (including phenoxy) is 1. The summed E-state index contributed by atoms with van der Waals surface area (Å²) in [5, 5.41) is 9.17. The predicted octanol–water partition coefficient (Wildman–Crippen LogP) is 4.95. The Hall–Kier alpha value is -2.46. The van der Waals surface area contributed by atoms with E-state index in [2.05, 4.69) is 11.4 Å². The van der Waals surface area contributed by atoms with Crippen molar-refractivity contribution in [3.05, 3.63) is 59.1 Å². The van der Waals surface area contributed by atoms with Crippen LogP contribution in [0.15, 0.2) is 48.5 Å².